The second kappa shape index (κ2) is 10.3. The number of hydrogen-bond donors (Lipinski definition) is 2. The Hall–Kier alpha value is -3.53. The van der Waals surface area contributed by atoms with Crippen LogP contribution in [0.2, 0.25) is 0 Å². The maximum atomic E-state index is 14.4. The number of hydrogen-bond acceptors (Lipinski definition) is 8. The molecule has 1 amide bonds. The van der Waals surface area contributed by atoms with Crippen molar-refractivity contribution in [2.24, 2.45) is 5.92 Å². The van der Waals surface area contributed by atoms with Crippen molar-refractivity contribution in [2.45, 2.75) is 51.8 Å². The average molecular weight is 523 g/mol. The van der Waals surface area contributed by atoms with Crippen molar-refractivity contribution < 1.29 is 19.0 Å². The highest BCUT2D eigenvalue weighted by Crippen LogP contribution is 2.34. The van der Waals surface area contributed by atoms with E-state index < -0.39 is 11.8 Å². The number of pyridine rings is 1. The third-order valence-corrected chi connectivity index (χ3v) is 7.52. The van der Waals surface area contributed by atoms with E-state index in [0.717, 1.165) is 29.6 Å². The molecule has 0 unspecified atom stereocenters. The van der Waals surface area contributed by atoms with E-state index in [-0.39, 0.29) is 12.5 Å². The highest BCUT2D eigenvalue weighted by atomic mass is 19.1. The summed E-state index contributed by atoms with van der Waals surface area (Å²) in [7, 11) is 0. The molecule has 38 heavy (non-hydrogen) atoms. The minimum absolute atomic E-state index is 0.0405. The molecule has 1 aromatic carbocycles. The van der Waals surface area contributed by atoms with Crippen LogP contribution in [-0.4, -0.2) is 75.4 Å². The fourth-order valence-electron chi connectivity index (χ4n) is 4.96. The van der Waals surface area contributed by atoms with Gasteiger partial charge in [0.15, 0.2) is 0 Å². The van der Waals surface area contributed by atoms with E-state index in [1.165, 1.54) is 12.5 Å². The highest BCUT2D eigenvalue weighted by molar-refractivity contribution is 5.92. The number of alkyl halides is 1. The Kier molecular flexibility index (Phi) is 7.09. The molecule has 9 nitrogen and oxygen atoms in total. The number of ether oxygens (including phenoxy) is 1. The van der Waals surface area contributed by atoms with Gasteiger partial charge in [-0.1, -0.05) is 19.9 Å². The molecule has 2 N–H and O–H groups in total. The standard InChI is InChI=1S/C28H35FN6O3/c1-17(2)20-5-6-23(38-16-19-13-35(14-19)18(3)36)22-12-31-26(11-21(20)22)32-25-7-9-30-27(33-25)34-10-8-28(4,37)24(29)15-34/h5-7,9,11-12,17,19,24,37H,8,10,13-16H2,1-4H3,(H,30,31,32,33)/t24-,28+/m1/s1. The maximum Gasteiger partial charge on any atom is 0.227 e. The predicted molar refractivity (Wildman–Crippen MR) is 145 cm³/mol. The first-order chi connectivity index (χ1) is 18.1. The largest absolute Gasteiger partial charge is 0.492 e. The summed E-state index contributed by atoms with van der Waals surface area (Å²) in [4.78, 5) is 28.5. The Morgan fingerprint density at radius 3 is 2.71 bits per heavy atom. The average Bonchev–Trinajstić information content (AvgIpc) is 2.84. The van der Waals surface area contributed by atoms with Gasteiger partial charge < -0.3 is 25.0 Å². The van der Waals surface area contributed by atoms with Crippen molar-refractivity contribution in [2.75, 3.05) is 43.0 Å². The number of halogens is 1. The van der Waals surface area contributed by atoms with E-state index in [1.54, 1.807) is 24.1 Å². The molecular weight excluding hydrogens is 487 g/mol. The Balaban J connectivity index is 1.34. The van der Waals surface area contributed by atoms with Crippen LogP contribution < -0.4 is 15.0 Å². The molecule has 2 fully saturated rings. The Morgan fingerprint density at radius 1 is 1.21 bits per heavy atom. The lowest BCUT2D eigenvalue weighted by Gasteiger charge is -2.38. The molecule has 0 spiro atoms. The van der Waals surface area contributed by atoms with E-state index in [4.69, 9.17) is 4.74 Å². The highest BCUT2D eigenvalue weighted by Gasteiger charge is 2.38. The Morgan fingerprint density at radius 2 is 2.00 bits per heavy atom. The van der Waals surface area contributed by atoms with Crippen LogP contribution in [0.3, 0.4) is 0 Å². The van der Waals surface area contributed by atoms with Crippen molar-refractivity contribution in [3.8, 4) is 5.75 Å². The van der Waals surface area contributed by atoms with Gasteiger partial charge in [-0.2, -0.15) is 4.98 Å². The molecule has 2 saturated heterocycles. The third-order valence-electron chi connectivity index (χ3n) is 7.52. The number of aromatic nitrogens is 3. The van der Waals surface area contributed by atoms with Crippen LogP contribution in [0.1, 0.15) is 45.6 Å². The minimum Gasteiger partial charge on any atom is -0.492 e. The summed E-state index contributed by atoms with van der Waals surface area (Å²) in [6.45, 7) is 9.94. The molecule has 4 heterocycles. The van der Waals surface area contributed by atoms with Crippen LogP contribution in [0.25, 0.3) is 10.8 Å². The van der Waals surface area contributed by atoms with Crippen molar-refractivity contribution >= 4 is 34.3 Å². The lowest BCUT2D eigenvalue weighted by atomic mass is 9.92. The van der Waals surface area contributed by atoms with Gasteiger partial charge in [-0.05, 0) is 48.4 Å². The monoisotopic (exact) mass is 522 g/mol. The zero-order valence-electron chi connectivity index (χ0n) is 22.3. The van der Waals surface area contributed by atoms with Crippen LogP contribution in [0, 0.1) is 5.92 Å². The summed E-state index contributed by atoms with van der Waals surface area (Å²) >= 11 is 0. The van der Waals surface area contributed by atoms with Gasteiger partial charge in [0.25, 0.3) is 0 Å². The van der Waals surface area contributed by atoms with Crippen LogP contribution in [0.15, 0.2) is 36.7 Å². The van der Waals surface area contributed by atoms with E-state index in [9.17, 15) is 14.3 Å². The quantitative estimate of drug-likeness (QED) is 0.479. The molecule has 3 aromatic rings. The first-order valence-electron chi connectivity index (χ1n) is 13.1. The van der Waals surface area contributed by atoms with Crippen molar-refractivity contribution in [3.63, 3.8) is 0 Å². The van der Waals surface area contributed by atoms with Gasteiger partial charge in [0.05, 0.1) is 18.8 Å². The number of fused-ring (bicyclic) bond motifs is 1. The molecule has 0 bridgehead atoms. The molecule has 10 heteroatoms. The second-order valence-electron chi connectivity index (χ2n) is 10.9. The van der Waals surface area contributed by atoms with Crippen LogP contribution in [-0.2, 0) is 4.79 Å². The van der Waals surface area contributed by atoms with E-state index in [0.29, 0.717) is 49.0 Å². The van der Waals surface area contributed by atoms with E-state index in [2.05, 4.69) is 40.2 Å². The molecule has 0 aliphatic carbocycles. The number of aliphatic hydroxyl groups is 1. The molecule has 2 aliphatic heterocycles. The van der Waals surface area contributed by atoms with Gasteiger partial charge in [-0.3, -0.25) is 4.79 Å². The fraction of sp³-hybridized carbons (Fsp3) is 0.500. The molecule has 2 aromatic heterocycles. The third kappa shape index (κ3) is 5.36. The summed E-state index contributed by atoms with van der Waals surface area (Å²) < 4.78 is 20.6. The zero-order chi connectivity index (χ0) is 27.0. The smallest absolute Gasteiger partial charge is 0.227 e. The van der Waals surface area contributed by atoms with Gasteiger partial charge in [-0.25, -0.2) is 14.4 Å². The van der Waals surface area contributed by atoms with Crippen LogP contribution in [0.5, 0.6) is 5.75 Å². The van der Waals surface area contributed by atoms with Crippen molar-refractivity contribution in [1.29, 1.82) is 0 Å². The normalized spacial score (nSPS) is 22.0. The van der Waals surface area contributed by atoms with Gasteiger partial charge in [0, 0.05) is 50.3 Å². The number of amides is 1. The van der Waals surface area contributed by atoms with Gasteiger partial charge in [0.2, 0.25) is 11.9 Å². The minimum atomic E-state index is -1.37. The first-order valence-corrected chi connectivity index (χ1v) is 13.1. The lowest BCUT2D eigenvalue weighted by molar-refractivity contribution is -0.135. The predicted octanol–water partition coefficient (Wildman–Crippen LogP) is 4.05. The summed E-state index contributed by atoms with van der Waals surface area (Å²) in [5, 5.41) is 15.4. The van der Waals surface area contributed by atoms with Crippen molar-refractivity contribution in [1.82, 2.24) is 19.9 Å². The number of rotatable bonds is 7. The molecule has 2 aliphatic rings. The number of benzene rings is 1. The number of carbonyl (C=O) groups excluding carboxylic acids is 1. The first kappa shape index (κ1) is 26.1. The molecule has 0 saturated carbocycles. The number of likely N-dealkylation sites (tertiary alicyclic amines) is 1. The number of nitrogens with zero attached hydrogens (tertiary/aromatic N) is 5. The van der Waals surface area contributed by atoms with E-state index >= 15 is 0 Å². The lowest BCUT2D eigenvalue weighted by Crippen LogP contribution is -2.52. The summed E-state index contributed by atoms with van der Waals surface area (Å²) in [5.41, 5.74) is -0.146. The Bertz CT molecular complexity index is 1330. The fourth-order valence-corrected chi connectivity index (χ4v) is 4.96. The summed E-state index contributed by atoms with van der Waals surface area (Å²) in [6, 6.07) is 7.83. The Labute approximate surface area is 222 Å². The number of carbonyl (C=O) groups is 1. The number of nitrogens with one attached hydrogen (secondary N) is 1. The SMILES string of the molecule is CC(=O)N1CC(COc2ccc(C(C)C)c3cc(Nc4ccnc(N5CC[C@](C)(O)[C@H](F)C5)n4)ncc23)C1. The summed E-state index contributed by atoms with van der Waals surface area (Å²) in [5.74, 6) is 3.09. The second-order valence-corrected chi connectivity index (χ2v) is 10.9. The maximum absolute atomic E-state index is 14.4. The van der Waals surface area contributed by atoms with Gasteiger partial charge in [-0.15, -0.1) is 0 Å². The topological polar surface area (TPSA) is 104 Å². The van der Waals surface area contributed by atoms with Crippen LogP contribution in [0.4, 0.5) is 22.0 Å². The van der Waals surface area contributed by atoms with Crippen molar-refractivity contribution in [3.05, 3.63) is 42.2 Å². The molecular formula is C28H35FN6O3. The molecule has 5 rings (SSSR count). The molecule has 202 valence electrons. The summed E-state index contributed by atoms with van der Waals surface area (Å²) in [6.07, 6.45) is 2.37. The molecule has 2 atom stereocenters. The molecule has 0 radical (unpaired) electrons. The van der Waals surface area contributed by atoms with Gasteiger partial charge >= 0.3 is 0 Å². The number of piperidine rings is 1. The van der Waals surface area contributed by atoms with Gasteiger partial charge in [0.1, 0.15) is 23.6 Å². The number of anilines is 3. The van der Waals surface area contributed by atoms with Crippen LogP contribution >= 0.6 is 0 Å². The van der Waals surface area contributed by atoms with E-state index in [1.807, 2.05) is 23.2 Å². The zero-order valence-corrected chi connectivity index (χ0v) is 22.3.